The summed E-state index contributed by atoms with van der Waals surface area (Å²) in [6.07, 6.45) is 0. The van der Waals surface area contributed by atoms with Gasteiger partial charge in [0.1, 0.15) is 11.6 Å². The molecular formula is C15H16F2N2O4S2. The molecule has 2 aromatic rings. The first kappa shape index (κ1) is 19.4. The molecule has 2 aromatic carbocycles. The molecule has 25 heavy (non-hydrogen) atoms. The molecule has 0 heterocycles. The van der Waals surface area contributed by atoms with Crippen molar-refractivity contribution >= 4 is 20.0 Å². The summed E-state index contributed by atoms with van der Waals surface area (Å²) >= 11 is 0. The van der Waals surface area contributed by atoms with Crippen LogP contribution in [0.5, 0.6) is 0 Å². The van der Waals surface area contributed by atoms with Gasteiger partial charge in [0.15, 0.2) is 0 Å². The maximum atomic E-state index is 13.2. The SMILES string of the molecule is CN(C)S(=O)(=O)c1ccccc1CNS(=O)(=O)c1cc(F)cc(F)c1. The van der Waals surface area contributed by atoms with Gasteiger partial charge in [-0.25, -0.2) is 34.6 Å². The third-order valence-corrected chi connectivity index (χ3v) is 6.63. The lowest BCUT2D eigenvalue weighted by atomic mass is 10.2. The van der Waals surface area contributed by atoms with E-state index in [-0.39, 0.29) is 17.0 Å². The molecule has 2 rings (SSSR count). The van der Waals surface area contributed by atoms with E-state index in [1.807, 2.05) is 0 Å². The Morgan fingerprint density at radius 1 is 0.960 bits per heavy atom. The van der Waals surface area contributed by atoms with Crippen LogP contribution in [-0.4, -0.2) is 35.2 Å². The molecule has 0 aliphatic carbocycles. The van der Waals surface area contributed by atoms with Gasteiger partial charge in [-0.2, -0.15) is 0 Å². The number of hydrogen-bond acceptors (Lipinski definition) is 4. The smallest absolute Gasteiger partial charge is 0.207 e. The molecule has 136 valence electrons. The second-order valence-electron chi connectivity index (χ2n) is 5.32. The zero-order chi connectivity index (χ0) is 18.8. The molecule has 0 unspecified atom stereocenters. The molecule has 0 aliphatic heterocycles. The first-order chi connectivity index (χ1) is 11.5. The molecular weight excluding hydrogens is 374 g/mol. The molecule has 0 radical (unpaired) electrons. The summed E-state index contributed by atoms with van der Waals surface area (Å²) in [5.41, 5.74) is 0.205. The van der Waals surface area contributed by atoms with Crippen molar-refractivity contribution in [3.8, 4) is 0 Å². The topological polar surface area (TPSA) is 83.6 Å². The van der Waals surface area contributed by atoms with E-state index in [4.69, 9.17) is 0 Å². The zero-order valence-corrected chi connectivity index (χ0v) is 15.0. The second kappa shape index (κ2) is 7.16. The maximum absolute atomic E-state index is 13.2. The fourth-order valence-corrected chi connectivity index (χ4v) is 4.20. The number of nitrogens with zero attached hydrogens (tertiary/aromatic N) is 1. The van der Waals surface area contributed by atoms with Crippen LogP contribution in [-0.2, 0) is 26.6 Å². The van der Waals surface area contributed by atoms with Gasteiger partial charge in [-0.3, -0.25) is 0 Å². The molecule has 0 spiro atoms. The summed E-state index contributed by atoms with van der Waals surface area (Å²) < 4.78 is 78.6. The molecule has 1 N–H and O–H groups in total. The quantitative estimate of drug-likeness (QED) is 0.814. The largest absolute Gasteiger partial charge is 0.242 e. The number of halogens is 2. The zero-order valence-electron chi connectivity index (χ0n) is 13.4. The predicted octanol–water partition coefficient (Wildman–Crippen LogP) is 1.69. The van der Waals surface area contributed by atoms with E-state index in [0.29, 0.717) is 18.2 Å². The van der Waals surface area contributed by atoms with Gasteiger partial charge < -0.3 is 0 Å². The first-order valence-corrected chi connectivity index (χ1v) is 9.92. The van der Waals surface area contributed by atoms with Crippen LogP contribution in [0.1, 0.15) is 5.56 Å². The second-order valence-corrected chi connectivity index (χ2v) is 9.21. The standard InChI is InChI=1S/C15H16F2N2O4S2/c1-19(2)25(22,23)15-6-4-3-5-11(15)10-18-24(20,21)14-8-12(16)7-13(17)9-14/h3-9,18H,10H2,1-2H3. The molecule has 0 fully saturated rings. The molecule has 0 aromatic heterocycles. The third-order valence-electron chi connectivity index (χ3n) is 3.33. The van der Waals surface area contributed by atoms with Crippen LogP contribution < -0.4 is 4.72 Å². The van der Waals surface area contributed by atoms with Crippen LogP contribution in [0.3, 0.4) is 0 Å². The van der Waals surface area contributed by atoms with Gasteiger partial charge in [-0.1, -0.05) is 18.2 Å². The van der Waals surface area contributed by atoms with Crippen molar-refractivity contribution < 1.29 is 25.6 Å². The molecule has 0 amide bonds. The third kappa shape index (κ3) is 4.40. The Labute approximate surface area is 145 Å². The number of rotatable bonds is 6. The van der Waals surface area contributed by atoms with E-state index in [1.165, 1.54) is 32.3 Å². The highest BCUT2D eigenvalue weighted by atomic mass is 32.2. The monoisotopic (exact) mass is 390 g/mol. The van der Waals surface area contributed by atoms with Gasteiger partial charge in [0, 0.05) is 26.7 Å². The minimum atomic E-state index is -4.22. The van der Waals surface area contributed by atoms with Gasteiger partial charge in [-0.05, 0) is 23.8 Å². The Balaban J connectivity index is 2.33. The lowest BCUT2D eigenvalue weighted by molar-refractivity contribution is 0.519. The number of nitrogens with one attached hydrogen (secondary N) is 1. The molecule has 0 saturated carbocycles. The number of sulfonamides is 2. The Hall–Kier alpha value is -1.88. The number of benzene rings is 2. The van der Waals surface area contributed by atoms with Gasteiger partial charge >= 0.3 is 0 Å². The van der Waals surface area contributed by atoms with E-state index < -0.39 is 36.6 Å². The summed E-state index contributed by atoms with van der Waals surface area (Å²) in [6, 6.07) is 7.77. The molecule has 0 saturated heterocycles. The predicted molar refractivity (Wildman–Crippen MR) is 87.7 cm³/mol. The van der Waals surface area contributed by atoms with E-state index >= 15 is 0 Å². The van der Waals surface area contributed by atoms with Gasteiger partial charge in [-0.15, -0.1) is 0 Å². The van der Waals surface area contributed by atoms with Crippen LogP contribution in [0.2, 0.25) is 0 Å². The molecule has 0 aliphatic rings. The molecule has 10 heteroatoms. The minimum absolute atomic E-state index is 0.0619. The van der Waals surface area contributed by atoms with Gasteiger partial charge in [0.05, 0.1) is 9.79 Å². The highest BCUT2D eigenvalue weighted by molar-refractivity contribution is 7.89. The summed E-state index contributed by atoms with van der Waals surface area (Å²) in [5.74, 6) is -2.06. The van der Waals surface area contributed by atoms with Crippen molar-refractivity contribution in [3.63, 3.8) is 0 Å². The average molecular weight is 390 g/mol. The van der Waals surface area contributed by atoms with Crippen molar-refractivity contribution in [2.75, 3.05) is 14.1 Å². The van der Waals surface area contributed by atoms with Crippen molar-refractivity contribution in [2.45, 2.75) is 16.3 Å². The summed E-state index contributed by atoms with van der Waals surface area (Å²) in [6.45, 7) is -0.357. The Bertz CT molecular complexity index is 970. The van der Waals surface area contributed by atoms with Crippen LogP contribution in [0.4, 0.5) is 8.78 Å². The van der Waals surface area contributed by atoms with E-state index in [2.05, 4.69) is 4.72 Å². The Morgan fingerprint density at radius 2 is 1.52 bits per heavy atom. The van der Waals surface area contributed by atoms with E-state index in [0.717, 1.165) is 4.31 Å². The summed E-state index contributed by atoms with van der Waals surface area (Å²) in [7, 11) is -5.29. The lowest BCUT2D eigenvalue weighted by Gasteiger charge is -2.15. The van der Waals surface area contributed by atoms with Crippen molar-refractivity contribution in [3.05, 3.63) is 59.7 Å². The lowest BCUT2D eigenvalue weighted by Crippen LogP contribution is -2.27. The summed E-state index contributed by atoms with van der Waals surface area (Å²) in [4.78, 5) is -0.647. The average Bonchev–Trinajstić information content (AvgIpc) is 2.52. The molecule has 0 bridgehead atoms. The van der Waals surface area contributed by atoms with Crippen LogP contribution >= 0.6 is 0 Å². The first-order valence-electron chi connectivity index (χ1n) is 7.00. The normalized spacial score (nSPS) is 12.5. The fraction of sp³-hybridized carbons (Fsp3) is 0.200. The maximum Gasteiger partial charge on any atom is 0.242 e. The van der Waals surface area contributed by atoms with Crippen molar-refractivity contribution in [1.29, 1.82) is 0 Å². The Kier molecular flexibility index (Phi) is 5.57. The van der Waals surface area contributed by atoms with E-state index in [9.17, 15) is 25.6 Å². The minimum Gasteiger partial charge on any atom is -0.207 e. The number of hydrogen-bond donors (Lipinski definition) is 1. The highest BCUT2D eigenvalue weighted by Crippen LogP contribution is 2.19. The molecule has 6 nitrogen and oxygen atoms in total. The molecule has 0 atom stereocenters. The van der Waals surface area contributed by atoms with Gasteiger partial charge in [0.2, 0.25) is 20.0 Å². The van der Waals surface area contributed by atoms with Gasteiger partial charge in [0.25, 0.3) is 0 Å². The summed E-state index contributed by atoms with van der Waals surface area (Å²) in [5, 5.41) is 0. The van der Waals surface area contributed by atoms with Crippen molar-refractivity contribution in [1.82, 2.24) is 9.03 Å². The van der Waals surface area contributed by atoms with Crippen LogP contribution in [0, 0.1) is 11.6 Å². The highest BCUT2D eigenvalue weighted by Gasteiger charge is 2.22. The van der Waals surface area contributed by atoms with Crippen molar-refractivity contribution in [2.24, 2.45) is 0 Å². The van der Waals surface area contributed by atoms with Crippen LogP contribution in [0.25, 0.3) is 0 Å². The van der Waals surface area contributed by atoms with E-state index in [1.54, 1.807) is 6.07 Å². The van der Waals surface area contributed by atoms with Crippen LogP contribution in [0.15, 0.2) is 52.3 Å². The fourth-order valence-electron chi connectivity index (χ4n) is 2.04. The Morgan fingerprint density at radius 3 is 2.08 bits per heavy atom.